The van der Waals surface area contributed by atoms with E-state index in [0.29, 0.717) is 43.4 Å². The minimum Gasteiger partial charge on any atom is -0.494 e. The molecule has 1 aliphatic heterocycles. The fraction of sp³-hybridized carbons (Fsp3) is 0.519. The van der Waals surface area contributed by atoms with E-state index in [2.05, 4.69) is 20.5 Å². The van der Waals surface area contributed by atoms with Crippen LogP contribution in [0, 0.1) is 0 Å². The molecular formula is C27H37N5O8. The number of nitrogens with one attached hydrogen (secondary N) is 2. The molecule has 1 aromatic carbocycles. The Hall–Kier alpha value is -3.33. The van der Waals surface area contributed by atoms with Crippen molar-refractivity contribution in [1.29, 1.82) is 0 Å². The molecule has 40 heavy (non-hydrogen) atoms. The molecule has 8 N–H and O–H groups in total. The standard InChI is InChI=1S/C27H37N5O8/c1-27(2,26(28)37)30-11-3-13-38-17-8-5-15(6-9-17)4-7-16-10-12-29-23-19(16)24(32-31-23)40-25-22(36)21(35)20(34)18(14-33)39-25/h5-6,8-10,12,18,20-22,25,30,33-36H,3-4,7,11,13-14H2,1-2H3,(H2,28,37)(H,29,31,32)/t18-,20-,21+,22-,25+/m1/s1. The van der Waals surface area contributed by atoms with Gasteiger partial charge in [0.1, 0.15) is 30.2 Å². The average molecular weight is 560 g/mol. The average Bonchev–Trinajstić information content (AvgIpc) is 3.35. The number of aliphatic hydroxyl groups excluding tert-OH is 4. The Morgan fingerprint density at radius 3 is 2.58 bits per heavy atom. The van der Waals surface area contributed by atoms with Crippen LogP contribution in [0.2, 0.25) is 0 Å². The lowest BCUT2D eigenvalue weighted by atomic mass is 9.99. The summed E-state index contributed by atoms with van der Waals surface area (Å²) in [7, 11) is 0. The maximum absolute atomic E-state index is 11.4. The lowest BCUT2D eigenvalue weighted by Crippen LogP contribution is -2.60. The number of amides is 1. The molecule has 0 saturated carbocycles. The summed E-state index contributed by atoms with van der Waals surface area (Å²) in [6.45, 7) is 4.02. The topological polar surface area (TPSA) is 205 Å². The molecule has 3 aromatic rings. The van der Waals surface area contributed by atoms with Gasteiger partial charge in [-0.25, -0.2) is 4.98 Å². The maximum Gasteiger partial charge on any atom is 0.244 e. The van der Waals surface area contributed by atoms with E-state index in [1.54, 1.807) is 20.0 Å². The minimum atomic E-state index is -1.56. The zero-order valence-corrected chi connectivity index (χ0v) is 22.5. The largest absolute Gasteiger partial charge is 0.494 e. The molecular weight excluding hydrogens is 522 g/mol. The minimum absolute atomic E-state index is 0.125. The number of H-pyrrole nitrogens is 1. The Balaban J connectivity index is 1.34. The second-order valence-electron chi connectivity index (χ2n) is 10.3. The maximum atomic E-state index is 11.4. The Kier molecular flexibility index (Phi) is 9.56. The highest BCUT2D eigenvalue weighted by atomic mass is 16.7. The number of pyridine rings is 1. The number of hydrogen-bond acceptors (Lipinski definition) is 11. The number of benzene rings is 1. The molecule has 13 nitrogen and oxygen atoms in total. The van der Waals surface area contributed by atoms with Crippen molar-refractivity contribution < 1.29 is 39.4 Å². The molecule has 4 rings (SSSR count). The van der Waals surface area contributed by atoms with Crippen molar-refractivity contribution in [2.75, 3.05) is 19.8 Å². The molecule has 0 unspecified atom stereocenters. The van der Waals surface area contributed by atoms with Gasteiger partial charge < -0.3 is 45.7 Å². The molecule has 2 aromatic heterocycles. The van der Waals surface area contributed by atoms with E-state index in [1.807, 2.05) is 30.3 Å². The van der Waals surface area contributed by atoms with Crippen LogP contribution in [0.1, 0.15) is 31.4 Å². The number of hydrogen-bond donors (Lipinski definition) is 7. The number of aromatic nitrogens is 3. The molecule has 218 valence electrons. The van der Waals surface area contributed by atoms with Crippen LogP contribution >= 0.6 is 0 Å². The molecule has 0 aliphatic carbocycles. The highest BCUT2D eigenvalue weighted by Crippen LogP contribution is 2.30. The van der Waals surface area contributed by atoms with Gasteiger partial charge in [-0.15, -0.1) is 5.10 Å². The molecule has 0 radical (unpaired) electrons. The predicted molar refractivity (Wildman–Crippen MR) is 144 cm³/mol. The van der Waals surface area contributed by atoms with Crippen molar-refractivity contribution in [2.45, 2.75) is 69.4 Å². The number of primary amides is 1. The van der Waals surface area contributed by atoms with Gasteiger partial charge in [-0.3, -0.25) is 9.89 Å². The van der Waals surface area contributed by atoms with Crippen LogP contribution in [0.5, 0.6) is 11.6 Å². The van der Waals surface area contributed by atoms with Crippen molar-refractivity contribution in [1.82, 2.24) is 20.5 Å². The Morgan fingerprint density at radius 1 is 1.12 bits per heavy atom. The second-order valence-corrected chi connectivity index (χ2v) is 10.3. The van der Waals surface area contributed by atoms with E-state index < -0.39 is 48.8 Å². The molecule has 1 fully saturated rings. The highest BCUT2D eigenvalue weighted by molar-refractivity contribution is 5.84. The number of nitrogens with zero attached hydrogens (tertiary/aromatic N) is 2. The number of carbonyl (C=O) groups is 1. The van der Waals surface area contributed by atoms with Crippen LogP contribution in [-0.2, 0) is 22.4 Å². The van der Waals surface area contributed by atoms with Gasteiger partial charge in [-0.1, -0.05) is 12.1 Å². The Morgan fingerprint density at radius 2 is 1.88 bits per heavy atom. The summed E-state index contributed by atoms with van der Waals surface area (Å²) in [5.74, 6) is 0.468. The first-order valence-corrected chi connectivity index (χ1v) is 13.2. The molecule has 1 saturated heterocycles. The van der Waals surface area contributed by atoms with E-state index >= 15 is 0 Å². The van der Waals surface area contributed by atoms with Gasteiger partial charge >= 0.3 is 0 Å². The van der Waals surface area contributed by atoms with Crippen LogP contribution in [0.15, 0.2) is 36.5 Å². The third kappa shape index (κ3) is 6.86. The Bertz CT molecular complexity index is 1270. The molecule has 1 amide bonds. The van der Waals surface area contributed by atoms with E-state index in [9.17, 15) is 25.2 Å². The number of ether oxygens (including phenoxy) is 3. The summed E-state index contributed by atoms with van der Waals surface area (Å²) in [5, 5.41) is 50.5. The Labute approximate surface area is 231 Å². The zero-order valence-electron chi connectivity index (χ0n) is 22.5. The fourth-order valence-electron chi connectivity index (χ4n) is 4.33. The SMILES string of the molecule is CC(C)(NCCCOc1ccc(CCc2ccnc3[nH]nc(O[C@@H]4O[C@H](CO)[C@@H](O)[C@H](O)[C@H]4O)c23)cc1)C(N)=O. The smallest absolute Gasteiger partial charge is 0.244 e. The third-order valence-corrected chi connectivity index (χ3v) is 6.97. The van der Waals surface area contributed by atoms with E-state index in [-0.39, 0.29) is 5.88 Å². The number of aliphatic hydroxyl groups is 4. The van der Waals surface area contributed by atoms with E-state index in [1.165, 1.54) is 0 Å². The van der Waals surface area contributed by atoms with Crippen molar-refractivity contribution in [3.63, 3.8) is 0 Å². The van der Waals surface area contributed by atoms with Crippen molar-refractivity contribution in [2.24, 2.45) is 5.73 Å². The second kappa shape index (κ2) is 12.9. The van der Waals surface area contributed by atoms with Gasteiger partial charge in [-0.05, 0) is 69.0 Å². The number of aryl methyl sites for hydroxylation is 2. The van der Waals surface area contributed by atoms with Crippen LogP contribution < -0.4 is 20.5 Å². The van der Waals surface area contributed by atoms with Gasteiger partial charge in [0.05, 0.1) is 24.1 Å². The zero-order chi connectivity index (χ0) is 28.9. The fourth-order valence-corrected chi connectivity index (χ4v) is 4.33. The number of aromatic amines is 1. The predicted octanol–water partition coefficient (Wildman–Crippen LogP) is -0.456. The van der Waals surface area contributed by atoms with Gasteiger partial charge in [-0.2, -0.15) is 0 Å². The molecule has 0 bridgehead atoms. The van der Waals surface area contributed by atoms with Gasteiger partial charge in [0.15, 0.2) is 5.65 Å². The first kappa shape index (κ1) is 29.6. The van der Waals surface area contributed by atoms with Gasteiger partial charge in [0.25, 0.3) is 0 Å². The lowest BCUT2D eigenvalue weighted by Gasteiger charge is -2.39. The number of nitrogens with two attached hydrogens (primary N) is 1. The number of fused-ring (bicyclic) bond motifs is 1. The summed E-state index contributed by atoms with van der Waals surface area (Å²) in [5.41, 5.74) is 7.06. The molecule has 5 atom stereocenters. The summed E-state index contributed by atoms with van der Waals surface area (Å²) in [6, 6.07) is 9.64. The molecule has 0 spiro atoms. The lowest BCUT2D eigenvalue weighted by molar-refractivity contribution is -0.277. The van der Waals surface area contributed by atoms with Crippen LogP contribution in [0.3, 0.4) is 0 Å². The van der Waals surface area contributed by atoms with Crippen molar-refractivity contribution >= 4 is 16.9 Å². The first-order chi connectivity index (χ1) is 19.1. The molecule has 1 aliphatic rings. The normalized spacial score (nSPS) is 23.3. The van der Waals surface area contributed by atoms with Crippen LogP contribution in [0.4, 0.5) is 0 Å². The first-order valence-electron chi connectivity index (χ1n) is 13.2. The summed E-state index contributed by atoms with van der Waals surface area (Å²) >= 11 is 0. The summed E-state index contributed by atoms with van der Waals surface area (Å²) < 4.78 is 17.0. The quantitative estimate of drug-likeness (QED) is 0.133. The number of carbonyl (C=O) groups excluding carboxylic acids is 1. The molecule has 13 heteroatoms. The van der Waals surface area contributed by atoms with Gasteiger partial charge in [0, 0.05) is 6.20 Å². The summed E-state index contributed by atoms with van der Waals surface area (Å²) in [4.78, 5) is 15.6. The summed E-state index contributed by atoms with van der Waals surface area (Å²) in [6.07, 6.45) is -3.33. The van der Waals surface area contributed by atoms with Crippen LogP contribution in [-0.4, -0.2) is 97.5 Å². The number of rotatable bonds is 13. The third-order valence-electron chi connectivity index (χ3n) is 6.97. The van der Waals surface area contributed by atoms with E-state index in [4.69, 9.17) is 19.9 Å². The highest BCUT2D eigenvalue weighted by Gasteiger charge is 2.45. The van der Waals surface area contributed by atoms with E-state index in [0.717, 1.165) is 16.9 Å². The molecule has 3 heterocycles. The van der Waals surface area contributed by atoms with Gasteiger partial charge in [0.2, 0.25) is 18.1 Å². The van der Waals surface area contributed by atoms with Crippen LogP contribution in [0.25, 0.3) is 11.0 Å². The van der Waals surface area contributed by atoms with Crippen molar-refractivity contribution in [3.05, 3.63) is 47.7 Å². The van der Waals surface area contributed by atoms with Crippen molar-refractivity contribution in [3.8, 4) is 11.6 Å². The monoisotopic (exact) mass is 559 g/mol.